The molecule has 0 saturated heterocycles. The number of benzene rings is 1. The standard InChI is InChI=1S/C20H22O3/c1-7-20(4,5)16-12-14-9-11-17(22-6)15(10-8-13(2)3)18(14)23-19(16)21/h7-12H,1-2H2,3-6H3. The topological polar surface area (TPSA) is 39.4 Å². The van der Waals surface area contributed by atoms with Gasteiger partial charge in [0.1, 0.15) is 11.3 Å². The number of ether oxygens (including phenoxy) is 1. The second kappa shape index (κ2) is 6.29. The van der Waals surface area contributed by atoms with Crippen LogP contribution in [0.4, 0.5) is 0 Å². The van der Waals surface area contributed by atoms with Gasteiger partial charge in [-0.2, -0.15) is 0 Å². The van der Waals surface area contributed by atoms with Crippen molar-refractivity contribution >= 4 is 17.0 Å². The van der Waals surface area contributed by atoms with Gasteiger partial charge in [-0.15, -0.1) is 6.58 Å². The number of hydrogen-bond acceptors (Lipinski definition) is 3. The highest BCUT2D eigenvalue weighted by Gasteiger charge is 2.22. The smallest absolute Gasteiger partial charge is 0.340 e. The summed E-state index contributed by atoms with van der Waals surface area (Å²) in [6.07, 6.45) is 5.46. The molecule has 0 amide bonds. The van der Waals surface area contributed by atoms with E-state index in [1.807, 2.05) is 51.1 Å². The summed E-state index contributed by atoms with van der Waals surface area (Å²) in [5.41, 5.74) is 1.91. The number of allylic oxidation sites excluding steroid dienone is 3. The van der Waals surface area contributed by atoms with Crippen molar-refractivity contribution in [3.8, 4) is 5.75 Å². The molecule has 0 fully saturated rings. The molecule has 2 aromatic rings. The third-order valence-corrected chi connectivity index (χ3v) is 3.86. The Labute approximate surface area is 136 Å². The molecule has 1 aromatic carbocycles. The van der Waals surface area contributed by atoms with E-state index in [2.05, 4.69) is 13.2 Å². The predicted octanol–water partition coefficient (Wildman–Crippen LogP) is 4.85. The average molecular weight is 310 g/mol. The van der Waals surface area contributed by atoms with E-state index in [1.54, 1.807) is 13.2 Å². The Balaban J connectivity index is 2.80. The zero-order chi connectivity index (χ0) is 17.2. The molecule has 120 valence electrons. The van der Waals surface area contributed by atoms with Crippen LogP contribution in [0.2, 0.25) is 0 Å². The van der Waals surface area contributed by atoms with Crippen LogP contribution in [0, 0.1) is 0 Å². The van der Waals surface area contributed by atoms with Crippen molar-refractivity contribution in [2.75, 3.05) is 7.11 Å². The molecule has 0 spiro atoms. The zero-order valence-electron chi connectivity index (χ0n) is 14.1. The van der Waals surface area contributed by atoms with Crippen molar-refractivity contribution < 1.29 is 9.15 Å². The molecular weight excluding hydrogens is 288 g/mol. The largest absolute Gasteiger partial charge is 0.496 e. The van der Waals surface area contributed by atoms with Crippen LogP contribution < -0.4 is 10.4 Å². The molecular formula is C20H22O3. The Morgan fingerprint density at radius 1 is 1.35 bits per heavy atom. The molecule has 3 nitrogen and oxygen atoms in total. The van der Waals surface area contributed by atoms with Crippen molar-refractivity contribution in [3.05, 3.63) is 70.6 Å². The summed E-state index contributed by atoms with van der Waals surface area (Å²) in [4.78, 5) is 12.4. The summed E-state index contributed by atoms with van der Waals surface area (Å²) in [5.74, 6) is 0.647. The number of rotatable bonds is 5. The van der Waals surface area contributed by atoms with Gasteiger partial charge in [-0.1, -0.05) is 38.2 Å². The second-order valence-electron chi connectivity index (χ2n) is 6.15. The van der Waals surface area contributed by atoms with Crippen LogP contribution in [0.1, 0.15) is 31.9 Å². The van der Waals surface area contributed by atoms with E-state index in [1.165, 1.54) is 0 Å². The summed E-state index contributed by atoms with van der Waals surface area (Å²) < 4.78 is 11.0. The summed E-state index contributed by atoms with van der Waals surface area (Å²) >= 11 is 0. The van der Waals surface area contributed by atoms with Crippen LogP contribution in [-0.2, 0) is 5.41 Å². The van der Waals surface area contributed by atoms with Gasteiger partial charge < -0.3 is 9.15 Å². The molecule has 0 radical (unpaired) electrons. The molecule has 1 heterocycles. The van der Waals surface area contributed by atoms with Crippen LogP contribution in [0.15, 0.2) is 58.3 Å². The average Bonchev–Trinajstić information content (AvgIpc) is 2.51. The third kappa shape index (κ3) is 3.29. The molecule has 0 aliphatic heterocycles. The van der Waals surface area contributed by atoms with Crippen molar-refractivity contribution in [1.29, 1.82) is 0 Å². The van der Waals surface area contributed by atoms with Crippen LogP contribution in [0.3, 0.4) is 0 Å². The fourth-order valence-electron chi connectivity index (χ4n) is 2.31. The molecule has 0 aliphatic carbocycles. The summed E-state index contributed by atoms with van der Waals surface area (Å²) in [6.45, 7) is 13.4. The molecule has 1 aromatic heterocycles. The normalized spacial score (nSPS) is 11.8. The summed E-state index contributed by atoms with van der Waals surface area (Å²) in [6, 6.07) is 5.61. The van der Waals surface area contributed by atoms with E-state index in [-0.39, 0.29) is 5.63 Å². The first kappa shape index (κ1) is 16.8. The first-order valence-electron chi connectivity index (χ1n) is 7.42. The second-order valence-corrected chi connectivity index (χ2v) is 6.15. The van der Waals surface area contributed by atoms with Crippen LogP contribution >= 0.6 is 0 Å². The Morgan fingerprint density at radius 3 is 2.61 bits per heavy atom. The van der Waals surface area contributed by atoms with Gasteiger partial charge in [-0.25, -0.2) is 4.79 Å². The SMILES string of the molecule is C=CC(C)(C)c1cc2ccc(OC)c(C=CC(=C)C)c2oc1=O. The Hall–Kier alpha value is -2.55. The number of fused-ring (bicyclic) bond motifs is 1. The van der Waals surface area contributed by atoms with Gasteiger partial charge in [0.2, 0.25) is 0 Å². The van der Waals surface area contributed by atoms with Gasteiger partial charge in [0.15, 0.2) is 0 Å². The minimum atomic E-state index is -0.456. The molecule has 3 heteroatoms. The van der Waals surface area contributed by atoms with Crippen molar-refractivity contribution in [3.63, 3.8) is 0 Å². The fraction of sp³-hybridized carbons (Fsp3) is 0.250. The molecule has 0 N–H and O–H groups in total. The molecule has 0 saturated carbocycles. The van der Waals surface area contributed by atoms with Crippen LogP contribution in [0.25, 0.3) is 17.0 Å². The number of hydrogen-bond donors (Lipinski definition) is 0. The van der Waals surface area contributed by atoms with Crippen molar-refractivity contribution in [2.24, 2.45) is 0 Å². The van der Waals surface area contributed by atoms with Crippen LogP contribution in [-0.4, -0.2) is 7.11 Å². The molecule has 23 heavy (non-hydrogen) atoms. The van der Waals surface area contributed by atoms with Crippen molar-refractivity contribution in [1.82, 2.24) is 0 Å². The summed E-state index contributed by atoms with van der Waals surface area (Å²) in [7, 11) is 1.59. The lowest BCUT2D eigenvalue weighted by molar-refractivity contribution is 0.413. The predicted molar refractivity (Wildman–Crippen MR) is 96.1 cm³/mol. The van der Waals surface area contributed by atoms with Gasteiger partial charge in [0, 0.05) is 16.4 Å². The number of methoxy groups -OCH3 is 1. The molecule has 0 unspecified atom stereocenters. The van der Waals surface area contributed by atoms with E-state index < -0.39 is 5.41 Å². The molecule has 0 bridgehead atoms. The molecule has 0 atom stereocenters. The van der Waals surface area contributed by atoms with E-state index in [0.717, 1.165) is 16.5 Å². The minimum absolute atomic E-state index is 0.361. The first-order chi connectivity index (χ1) is 10.8. The maximum atomic E-state index is 12.4. The Kier molecular flexibility index (Phi) is 4.60. The molecule has 2 rings (SSSR count). The van der Waals surface area contributed by atoms with E-state index >= 15 is 0 Å². The van der Waals surface area contributed by atoms with Crippen molar-refractivity contribution in [2.45, 2.75) is 26.2 Å². The minimum Gasteiger partial charge on any atom is -0.496 e. The maximum absolute atomic E-state index is 12.4. The monoisotopic (exact) mass is 310 g/mol. The lowest BCUT2D eigenvalue weighted by Crippen LogP contribution is -2.22. The third-order valence-electron chi connectivity index (χ3n) is 3.86. The van der Waals surface area contributed by atoms with Gasteiger partial charge >= 0.3 is 5.63 Å². The van der Waals surface area contributed by atoms with Gasteiger partial charge in [-0.3, -0.25) is 0 Å². The highest BCUT2D eigenvalue weighted by atomic mass is 16.5. The van der Waals surface area contributed by atoms with Gasteiger partial charge in [0.05, 0.1) is 12.7 Å². The Bertz CT molecular complexity index is 851. The lowest BCUT2D eigenvalue weighted by Gasteiger charge is -2.19. The highest BCUT2D eigenvalue weighted by Crippen LogP contribution is 2.31. The lowest BCUT2D eigenvalue weighted by atomic mass is 9.85. The highest BCUT2D eigenvalue weighted by molar-refractivity contribution is 5.89. The quantitative estimate of drug-likeness (QED) is 0.450. The van der Waals surface area contributed by atoms with Crippen LogP contribution in [0.5, 0.6) is 5.75 Å². The maximum Gasteiger partial charge on any atom is 0.340 e. The van der Waals surface area contributed by atoms with E-state index in [0.29, 0.717) is 16.9 Å². The fourth-order valence-corrected chi connectivity index (χ4v) is 2.31. The molecule has 0 aliphatic rings. The van der Waals surface area contributed by atoms with E-state index in [9.17, 15) is 4.79 Å². The Morgan fingerprint density at radius 2 is 2.04 bits per heavy atom. The summed E-state index contributed by atoms with van der Waals surface area (Å²) in [5, 5.41) is 0.844. The first-order valence-corrected chi connectivity index (χ1v) is 7.42. The van der Waals surface area contributed by atoms with Gasteiger partial charge in [0.25, 0.3) is 0 Å². The van der Waals surface area contributed by atoms with Gasteiger partial charge in [-0.05, 0) is 31.2 Å². The zero-order valence-corrected chi connectivity index (χ0v) is 14.1. The van der Waals surface area contributed by atoms with E-state index in [4.69, 9.17) is 9.15 Å².